The average molecular weight is 210 g/mol. The van der Waals surface area contributed by atoms with Crippen molar-refractivity contribution in [3.05, 3.63) is 11.6 Å². The van der Waals surface area contributed by atoms with Gasteiger partial charge in [-0.1, -0.05) is 32.1 Å². The first-order valence-corrected chi connectivity index (χ1v) is 6.46. The maximum atomic E-state index is 4.21. The van der Waals surface area contributed by atoms with Gasteiger partial charge in [-0.3, -0.25) is 0 Å². The molecule has 3 heteroatoms. The molecule has 1 aromatic rings. The van der Waals surface area contributed by atoms with Crippen LogP contribution in [0, 0.1) is 5.92 Å². The van der Waals surface area contributed by atoms with Gasteiger partial charge in [0, 0.05) is 18.1 Å². The van der Waals surface area contributed by atoms with Crippen molar-refractivity contribution in [3.8, 4) is 0 Å². The number of thiazole rings is 1. The van der Waals surface area contributed by atoms with Crippen LogP contribution in [0.15, 0.2) is 11.6 Å². The first-order valence-electron chi connectivity index (χ1n) is 5.58. The van der Waals surface area contributed by atoms with Crippen LogP contribution in [0.3, 0.4) is 0 Å². The van der Waals surface area contributed by atoms with E-state index >= 15 is 0 Å². The Bertz CT molecular complexity index is 240. The van der Waals surface area contributed by atoms with Crippen molar-refractivity contribution < 1.29 is 0 Å². The maximum absolute atomic E-state index is 4.21. The van der Waals surface area contributed by atoms with Crippen LogP contribution < -0.4 is 5.32 Å². The van der Waals surface area contributed by atoms with Gasteiger partial charge >= 0.3 is 0 Å². The van der Waals surface area contributed by atoms with Gasteiger partial charge in [0.1, 0.15) is 0 Å². The second kappa shape index (κ2) is 5.35. The Hall–Kier alpha value is -0.570. The van der Waals surface area contributed by atoms with Crippen LogP contribution >= 0.6 is 11.3 Å². The molecular formula is C11H18N2S. The summed E-state index contributed by atoms with van der Waals surface area (Å²) in [4.78, 5) is 4.21. The van der Waals surface area contributed by atoms with Gasteiger partial charge in [0.15, 0.2) is 5.13 Å². The zero-order valence-corrected chi connectivity index (χ0v) is 9.35. The van der Waals surface area contributed by atoms with Crippen LogP contribution in [0.25, 0.3) is 0 Å². The second-order valence-corrected chi connectivity index (χ2v) is 4.95. The van der Waals surface area contributed by atoms with Crippen molar-refractivity contribution in [2.75, 3.05) is 11.9 Å². The molecule has 1 aromatic heterocycles. The molecule has 1 fully saturated rings. The summed E-state index contributed by atoms with van der Waals surface area (Å²) < 4.78 is 0. The summed E-state index contributed by atoms with van der Waals surface area (Å²) in [6.45, 7) is 1.10. The van der Waals surface area contributed by atoms with E-state index < -0.39 is 0 Å². The minimum Gasteiger partial charge on any atom is -0.362 e. The number of nitrogens with one attached hydrogen (secondary N) is 1. The summed E-state index contributed by atoms with van der Waals surface area (Å²) in [7, 11) is 0. The molecule has 1 N–H and O–H groups in total. The lowest BCUT2D eigenvalue weighted by molar-refractivity contribution is 0.345. The number of hydrogen-bond acceptors (Lipinski definition) is 3. The lowest BCUT2D eigenvalue weighted by Gasteiger charge is -2.21. The largest absolute Gasteiger partial charge is 0.362 e. The fourth-order valence-electron chi connectivity index (χ4n) is 2.17. The summed E-state index contributed by atoms with van der Waals surface area (Å²) >= 11 is 1.69. The highest BCUT2D eigenvalue weighted by atomic mass is 32.1. The summed E-state index contributed by atoms with van der Waals surface area (Å²) in [5, 5.41) is 6.47. The van der Waals surface area contributed by atoms with Crippen molar-refractivity contribution >= 4 is 16.5 Å². The van der Waals surface area contributed by atoms with Gasteiger partial charge in [0.25, 0.3) is 0 Å². The van der Waals surface area contributed by atoms with Crippen LogP contribution in [0.1, 0.15) is 38.5 Å². The van der Waals surface area contributed by atoms with Gasteiger partial charge < -0.3 is 5.32 Å². The Morgan fingerprint density at radius 1 is 1.36 bits per heavy atom. The Labute approximate surface area is 89.8 Å². The fourth-order valence-corrected chi connectivity index (χ4v) is 2.73. The first-order chi connectivity index (χ1) is 6.95. The van der Waals surface area contributed by atoms with Crippen molar-refractivity contribution in [2.45, 2.75) is 38.5 Å². The molecule has 1 saturated carbocycles. The Morgan fingerprint density at radius 3 is 2.93 bits per heavy atom. The van der Waals surface area contributed by atoms with Crippen LogP contribution in [0.4, 0.5) is 5.13 Å². The molecule has 1 aliphatic rings. The standard InChI is InChI=1S/C11H18N2S/c1-2-4-10(5-3-1)6-7-12-11-13-8-9-14-11/h8-10H,1-7H2,(H,12,13). The van der Waals surface area contributed by atoms with Crippen LogP contribution in [-0.2, 0) is 0 Å². The SMILES string of the molecule is c1csc(NCCC2CCCCC2)n1. The van der Waals surface area contributed by atoms with Gasteiger partial charge in [-0.2, -0.15) is 0 Å². The maximum Gasteiger partial charge on any atom is 0.182 e. The van der Waals surface area contributed by atoms with Crippen molar-refractivity contribution in [2.24, 2.45) is 5.92 Å². The van der Waals surface area contributed by atoms with Crippen molar-refractivity contribution in [1.82, 2.24) is 4.98 Å². The van der Waals surface area contributed by atoms with E-state index in [9.17, 15) is 0 Å². The number of aromatic nitrogens is 1. The smallest absolute Gasteiger partial charge is 0.182 e. The molecule has 0 bridgehead atoms. The van der Waals surface area contributed by atoms with E-state index in [0.717, 1.165) is 17.6 Å². The summed E-state index contributed by atoms with van der Waals surface area (Å²) in [5.74, 6) is 0.969. The second-order valence-electron chi connectivity index (χ2n) is 4.06. The highest BCUT2D eigenvalue weighted by molar-refractivity contribution is 7.13. The summed E-state index contributed by atoms with van der Waals surface area (Å²) in [6, 6.07) is 0. The molecule has 2 nitrogen and oxygen atoms in total. The first kappa shape index (κ1) is 9.97. The van der Waals surface area contributed by atoms with Gasteiger partial charge in [-0.15, -0.1) is 11.3 Å². The zero-order valence-electron chi connectivity index (χ0n) is 8.54. The number of anilines is 1. The van der Waals surface area contributed by atoms with E-state index in [1.165, 1.54) is 38.5 Å². The normalized spacial score (nSPS) is 18.3. The quantitative estimate of drug-likeness (QED) is 0.822. The molecule has 0 spiro atoms. The van der Waals surface area contributed by atoms with E-state index in [1.807, 2.05) is 11.6 Å². The minimum absolute atomic E-state index is 0.969. The Morgan fingerprint density at radius 2 is 2.21 bits per heavy atom. The highest BCUT2D eigenvalue weighted by Gasteiger charge is 2.12. The third-order valence-electron chi connectivity index (χ3n) is 2.99. The molecule has 0 aliphatic heterocycles. The monoisotopic (exact) mass is 210 g/mol. The molecule has 1 aliphatic carbocycles. The predicted octanol–water partition coefficient (Wildman–Crippen LogP) is 3.53. The van der Waals surface area contributed by atoms with E-state index in [4.69, 9.17) is 0 Å². The minimum atomic E-state index is 0.969. The lowest BCUT2D eigenvalue weighted by Crippen LogP contribution is -2.11. The third-order valence-corrected chi connectivity index (χ3v) is 3.72. The van der Waals surface area contributed by atoms with E-state index in [1.54, 1.807) is 11.3 Å². The molecule has 0 radical (unpaired) electrons. The summed E-state index contributed by atoms with van der Waals surface area (Å²) in [5.41, 5.74) is 0. The lowest BCUT2D eigenvalue weighted by atomic mass is 9.87. The summed E-state index contributed by atoms with van der Waals surface area (Å²) in [6.07, 6.45) is 10.4. The zero-order chi connectivity index (χ0) is 9.64. The molecule has 1 heterocycles. The Balaban J connectivity index is 1.62. The molecule has 0 aromatic carbocycles. The van der Waals surface area contributed by atoms with Gasteiger partial charge in [0.2, 0.25) is 0 Å². The van der Waals surface area contributed by atoms with E-state index in [-0.39, 0.29) is 0 Å². The fraction of sp³-hybridized carbons (Fsp3) is 0.727. The molecule has 2 rings (SSSR count). The predicted molar refractivity (Wildman–Crippen MR) is 61.8 cm³/mol. The van der Waals surface area contributed by atoms with Crippen LogP contribution in [0.2, 0.25) is 0 Å². The van der Waals surface area contributed by atoms with Crippen molar-refractivity contribution in [1.29, 1.82) is 0 Å². The molecule has 0 unspecified atom stereocenters. The van der Waals surface area contributed by atoms with Gasteiger partial charge in [-0.05, 0) is 12.3 Å². The van der Waals surface area contributed by atoms with Crippen LogP contribution in [-0.4, -0.2) is 11.5 Å². The van der Waals surface area contributed by atoms with E-state index in [0.29, 0.717) is 0 Å². The number of rotatable bonds is 4. The molecule has 14 heavy (non-hydrogen) atoms. The van der Waals surface area contributed by atoms with Crippen LogP contribution in [0.5, 0.6) is 0 Å². The van der Waals surface area contributed by atoms with Gasteiger partial charge in [0.05, 0.1) is 0 Å². The van der Waals surface area contributed by atoms with E-state index in [2.05, 4.69) is 10.3 Å². The molecule has 0 atom stereocenters. The Kier molecular flexibility index (Phi) is 3.80. The van der Waals surface area contributed by atoms with Gasteiger partial charge in [-0.25, -0.2) is 4.98 Å². The average Bonchev–Trinajstić information content (AvgIpc) is 2.72. The number of nitrogens with zero attached hydrogens (tertiary/aromatic N) is 1. The molecule has 0 amide bonds. The molecule has 78 valence electrons. The topological polar surface area (TPSA) is 24.9 Å². The number of hydrogen-bond donors (Lipinski definition) is 1. The van der Waals surface area contributed by atoms with Crippen molar-refractivity contribution in [3.63, 3.8) is 0 Å². The molecular weight excluding hydrogens is 192 g/mol. The third kappa shape index (κ3) is 2.98. The molecule has 0 saturated heterocycles. The highest BCUT2D eigenvalue weighted by Crippen LogP contribution is 2.26.